The average Bonchev–Trinajstić information content (AvgIpc) is 2.37. The summed E-state index contributed by atoms with van der Waals surface area (Å²) in [6, 6.07) is 0. The molecule has 12 heavy (non-hydrogen) atoms. The van der Waals surface area contributed by atoms with Crippen LogP contribution in [0.15, 0.2) is 0 Å². The van der Waals surface area contributed by atoms with Gasteiger partial charge in [0.25, 0.3) is 0 Å². The molecule has 0 nitrogen and oxygen atoms in total. The minimum absolute atomic E-state index is 0.500. The molecule has 2 unspecified atom stereocenters. The van der Waals surface area contributed by atoms with Crippen molar-refractivity contribution in [2.75, 3.05) is 0 Å². The summed E-state index contributed by atoms with van der Waals surface area (Å²) in [7, 11) is 0. The van der Waals surface area contributed by atoms with E-state index in [1.165, 1.54) is 0 Å². The fourth-order valence-electron chi connectivity index (χ4n) is 1.37. The van der Waals surface area contributed by atoms with Crippen molar-refractivity contribution >= 4 is 0 Å². The van der Waals surface area contributed by atoms with Crippen LogP contribution in [0.2, 0.25) is 0 Å². The number of hydrogen-bond donors (Lipinski definition) is 0. The fraction of sp³-hybridized carbons (Fsp3) is 1.00. The summed E-state index contributed by atoms with van der Waals surface area (Å²) in [6.45, 7) is 12.3. The Balaban J connectivity index is 0. The highest BCUT2D eigenvalue weighted by atomic mass is 19.1. The predicted molar refractivity (Wildman–Crippen MR) is 55.2 cm³/mol. The van der Waals surface area contributed by atoms with Crippen molar-refractivity contribution in [3.8, 4) is 0 Å². The van der Waals surface area contributed by atoms with Crippen LogP contribution < -0.4 is 0 Å². The molecule has 1 saturated carbocycles. The zero-order valence-corrected chi connectivity index (χ0v) is 9.52. The van der Waals surface area contributed by atoms with Crippen molar-refractivity contribution in [1.82, 2.24) is 0 Å². The highest BCUT2D eigenvalue weighted by molar-refractivity contribution is 4.77. The molecule has 0 aromatic rings. The maximum absolute atomic E-state index is 12.4. The summed E-state index contributed by atoms with van der Waals surface area (Å²) in [4.78, 5) is 0. The summed E-state index contributed by atoms with van der Waals surface area (Å²) >= 11 is 0. The third kappa shape index (κ3) is 5.56. The molecule has 0 bridgehead atoms. The smallest absolute Gasteiger partial charge is 0.101 e. The van der Waals surface area contributed by atoms with E-state index in [0.717, 1.165) is 12.8 Å². The molecule has 2 atom stereocenters. The quantitative estimate of drug-likeness (QED) is 0.512. The van der Waals surface area contributed by atoms with E-state index >= 15 is 0 Å². The van der Waals surface area contributed by atoms with Crippen LogP contribution >= 0.6 is 0 Å². The summed E-state index contributed by atoms with van der Waals surface area (Å²) in [5, 5.41) is 0. The van der Waals surface area contributed by atoms with E-state index in [4.69, 9.17) is 0 Å². The fourth-order valence-corrected chi connectivity index (χ4v) is 1.37. The van der Waals surface area contributed by atoms with Crippen LogP contribution in [0.25, 0.3) is 0 Å². The van der Waals surface area contributed by atoms with Gasteiger partial charge >= 0.3 is 0 Å². The Morgan fingerprint density at radius 2 is 1.08 bits per heavy atom. The van der Waals surface area contributed by atoms with Crippen molar-refractivity contribution < 1.29 is 4.39 Å². The zero-order chi connectivity index (χ0) is 10.1. The summed E-state index contributed by atoms with van der Waals surface area (Å²) in [6.07, 6.45) is 1.09. The molecule has 1 heteroatoms. The molecule has 0 amide bonds. The zero-order valence-electron chi connectivity index (χ0n) is 9.52. The van der Waals surface area contributed by atoms with E-state index in [-0.39, 0.29) is 0 Å². The molecule has 1 fully saturated rings. The maximum Gasteiger partial charge on any atom is 0.101 e. The Morgan fingerprint density at radius 1 is 0.833 bits per heavy atom. The molecule has 1 aliphatic carbocycles. The first-order valence-corrected chi connectivity index (χ1v) is 5.34. The van der Waals surface area contributed by atoms with Gasteiger partial charge in [0.2, 0.25) is 0 Å². The molecule has 0 heterocycles. The molecule has 0 N–H and O–H groups in total. The van der Waals surface area contributed by atoms with E-state index in [9.17, 15) is 4.39 Å². The van der Waals surface area contributed by atoms with Crippen LogP contribution in [0.5, 0.6) is 0 Å². The molecule has 1 aliphatic rings. The van der Waals surface area contributed by atoms with Gasteiger partial charge in [0.1, 0.15) is 6.17 Å². The Bertz CT molecular complexity index is 71.1. The highest BCUT2D eigenvalue weighted by Crippen LogP contribution is 2.32. The Kier molecular flexibility index (Phi) is 10.9. The van der Waals surface area contributed by atoms with Gasteiger partial charge in [-0.15, -0.1) is 0 Å². The number of alkyl halides is 1. The third-order valence-corrected chi connectivity index (χ3v) is 2.23. The largest absolute Gasteiger partial charge is 0.247 e. The molecule has 0 aromatic heterocycles. The van der Waals surface area contributed by atoms with Crippen molar-refractivity contribution in [1.29, 1.82) is 0 Å². The number of hydrogen-bond acceptors (Lipinski definition) is 0. The second kappa shape index (κ2) is 9.02. The van der Waals surface area contributed by atoms with Gasteiger partial charge in [-0.05, 0) is 24.7 Å². The molecule has 0 radical (unpaired) electrons. The predicted octanol–water partition coefficient (Wildman–Crippen LogP) is 4.44. The molecule has 76 valence electrons. The lowest BCUT2D eigenvalue weighted by molar-refractivity contribution is 0.331. The van der Waals surface area contributed by atoms with Crippen LogP contribution in [0.1, 0.15) is 54.4 Å². The summed E-state index contributed by atoms with van der Waals surface area (Å²) in [5.41, 5.74) is 0. The van der Waals surface area contributed by atoms with Crippen molar-refractivity contribution in [3.63, 3.8) is 0 Å². The van der Waals surface area contributed by atoms with Crippen molar-refractivity contribution in [2.24, 2.45) is 11.8 Å². The standard InChI is InChI=1S/C7H13F.2C2H6/c1-5-3-7(8)4-6(5)2;2*1-2/h5-7H,3-4H2,1-2H3;2*1-2H3. The second-order valence-electron chi connectivity index (χ2n) is 3.02. The van der Waals surface area contributed by atoms with Gasteiger partial charge in [0, 0.05) is 0 Å². The van der Waals surface area contributed by atoms with E-state index < -0.39 is 6.17 Å². The van der Waals surface area contributed by atoms with Gasteiger partial charge in [-0.3, -0.25) is 0 Å². The lowest BCUT2D eigenvalue weighted by atomic mass is 10.0. The van der Waals surface area contributed by atoms with Crippen LogP contribution in [0.3, 0.4) is 0 Å². The minimum atomic E-state index is -0.500. The van der Waals surface area contributed by atoms with E-state index in [2.05, 4.69) is 13.8 Å². The molecule has 1 rings (SSSR count). The molecule has 0 aliphatic heterocycles. The molecule has 0 aromatic carbocycles. The summed E-state index contributed by atoms with van der Waals surface area (Å²) < 4.78 is 12.4. The first kappa shape index (κ1) is 14.5. The van der Waals surface area contributed by atoms with Crippen LogP contribution in [-0.4, -0.2) is 6.17 Å². The second-order valence-corrected chi connectivity index (χ2v) is 3.02. The summed E-state index contributed by atoms with van der Waals surface area (Å²) in [5.74, 6) is 1.23. The first-order valence-electron chi connectivity index (χ1n) is 5.34. The molecule has 0 spiro atoms. The van der Waals surface area contributed by atoms with Gasteiger partial charge < -0.3 is 0 Å². The SMILES string of the molecule is CC.CC.CC1CC(F)CC1C. The van der Waals surface area contributed by atoms with Crippen LogP contribution in [0.4, 0.5) is 4.39 Å². The molecule has 0 saturated heterocycles. The van der Waals surface area contributed by atoms with Crippen LogP contribution in [-0.2, 0) is 0 Å². The first-order chi connectivity index (χ1) is 5.70. The normalized spacial score (nSPS) is 32.8. The molecular weight excluding hydrogens is 151 g/mol. The van der Waals surface area contributed by atoms with Crippen LogP contribution in [0, 0.1) is 11.8 Å². The topological polar surface area (TPSA) is 0 Å². The van der Waals surface area contributed by atoms with E-state index in [1.54, 1.807) is 0 Å². The van der Waals surface area contributed by atoms with Gasteiger partial charge in [0.05, 0.1) is 0 Å². The van der Waals surface area contributed by atoms with Gasteiger partial charge in [-0.2, -0.15) is 0 Å². The number of rotatable bonds is 0. The third-order valence-electron chi connectivity index (χ3n) is 2.23. The van der Waals surface area contributed by atoms with Gasteiger partial charge in [-0.25, -0.2) is 4.39 Å². The number of halogens is 1. The van der Waals surface area contributed by atoms with E-state index in [0.29, 0.717) is 11.8 Å². The Hall–Kier alpha value is -0.0700. The Morgan fingerprint density at radius 3 is 1.17 bits per heavy atom. The lowest BCUT2D eigenvalue weighted by Gasteiger charge is -2.04. The monoisotopic (exact) mass is 176 g/mol. The average molecular weight is 176 g/mol. The lowest BCUT2D eigenvalue weighted by Crippen LogP contribution is -1.95. The van der Waals surface area contributed by atoms with Gasteiger partial charge in [-0.1, -0.05) is 41.5 Å². The Labute approximate surface area is 77.6 Å². The molecular formula is C11H25F. The maximum atomic E-state index is 12.4. The highest BCUT2D eigenvalue weighted by Gasteiger charge is 2.27. The van der Waals surface area contributed by atoms with Crippen molar-refractivity contribution in [3.05, 3.63) is 0 Å². The van der Waals surface area contributed by atoms with E-state index in [1.807, 2.05) is 27.7 Å². The van der Waals surface area contributed by atoms with Crippen molar-refractivity contribution in [2.45, 2.75) is 60.6 Å². The minimum Gasteiger partial charge on any atom is -0.247 e. The van der Waals surface area contributed by atoms with Gasteiger partial charge in [0.15, 0.2) is 0 Å².